The molecule has 0 aromatic heterocycles. The molecule has 0 aliphatic rings. The zero-order valence-electron chi connectivity index (χ0n) is 15.6. The number of rotatable bonds is 6. The summed E-state index contributed by atoms with van der Waals surface area (Å²) in [7, 11) is -3.56. The fourth-order valence-corrected chi connectivity index (χ4v) is 3.79. The van der Waals surface area contributed by atoms with Crippen LogP contribution in [0.1, 0.15) is 22.3 Å². The number of hydrogen-bond donors (Lipinski definition) is 3. The number of nitrogens with two attached hydrogens (primary N) is 1. The monoisotopic (exact) mass is 374 g/mol. The summed E-state index contributed by atoms with van der Waals surface area (Å²) < 4.78 is 27.4. The van der Waals surface area contributed by atoms with Crippen molar-refractivity contribution >= 4 is 21.7 Å². The van der Waals surface area contributed by atoms with Gasteiger partial charge in [0.15, 0.2) is 5.96 Å². The predicted molar refractivity (Wildman–Crippen MR) is 107 cm³/mol. The average Bonchev–Trinajstić information content (AvgIpc) is 2.57. The molecule has 6 nitrogen and oxygen atoms in total. The van der Waals surface area contributed by atoms with E-state index in [1.165, 1.54) is 5.56 Å². The highest BCUT2D eigenvalue weighted by Crippen LogP contribution is 2.16. The van der Waals surface area contributed by atoms with Gasteiger partial charge >= 0.3 is 0 Å². The Hall–Kier alpha value is -2.38. The molecule has 0 radical (unpaired) electrons. The maximum Gasteiger partial charge on any atom is 0.240 e. The van der Waals surface area contributed by atoms with Crippen LogP contribution in [-0.4, -0.2) is 27.5 Å². The van der Waals surface area contributed by atoms with Gasteiger partial charge in [-0.15, -0.1) is 0 Å². The van der Waals surface area contributed by atoms with Crippen LogP contribution in [0.4, 0.5) is 5.69 Å². The molecule has 140 valence electrons. The molecular formula is C19H26N4O2S. The molecule has 26 heavy (non-hydrogen) atoms. The van der Waals surface area contributed by atoms with Crippen LogP contribution in [0.2, 0.25) is 0 Å². The van der Waals surface area contributed by atoms with Crippen molar-refractivity contribution in [2.24, 2.45) is 10.7 Å². The normalized spacial score (nSPS) is 12.2. The first-order valence-electron chi connectivity index (χ1n) is 8.40. The predicted octanol–water partition coefficient (Wildman–Crippen LogP) is 2.63. The summed E-state index contributed by atoms with van der Waals surface area (Å²) in [4.78, 5) is 4.46. The van der Waals surface area contributed by atoms with Crippen molar-refractivity contribution in [1.29, 1.82) is 0 Å². The van der Waals surface area contributed by atoms with Gasteiger partial charge in [0.05, 0.1) is 11.4 Å². The van der Waals surface area contributed by atoms with E-state index < -0.39 is 10.0 Å². The van der Waals surface area contributed by atoms with E-state index in [0.29, 0.717) is 10.5 Å². The largest absolute Gasteiger partial charge is 0.370 e. The summed E-state index contributed by atoms with van der Waals surface area (Å²) in [6, 6.07) is 11.3. The lowest BCUT2D eigenvalue weighted by Crippen LogP contribution is -2.29. The second-order valence-electron chi connectivity index (χ2n) is 6.36. The van der Waals surface area contributed by atoms with Crippen molar-refractivity contribution in [2.75, 3.05) is 18.4 Å². The van der Waals surface area contributed by atoms with Gasteiger partial charge in [-0.05, 0) is 68.1 Å². The molecule has 0 bridgehead atoms. The van der Waals surface area contributed by atoms with E-state index in [4.69, 9.17) is 5.73 Å². The summed E-state index contributed by atoms with van der Waals surface area (Å²) in [5.74, 6) is 0.249. The summed E-state index contributed by atoms with van der Waals surface area (Å²) in [6.07, 6.45) is 0. The SMILES string of the molecule is Cc1ccc(C)c(S(=O)(=O)NCCN=C(N)Nc2ccc(C)c(C)c2)c1. The van der Waals surface area contributed by atoms with Gasteiger partial charge < -0.3 is 11.1 Å². The van der Waals surface area contributed by atoms with Crippen LogP contribution < -0.4 is 15.8 Å². The Bertz CT molecular complexity index is 921. The Morgan fingerprint density at radius 2 is 1.69 bits per heavy atom. The molecule has 0 saturated heterocycles. The van der Waals surface area contributed by atoms with Gasteiger partial charge in [-0.2, -0.15) is 0 Å². The van der Waals surface area contributed by atoms with E-state index in [0.717, 1.165) is 16.8 Å². The minimum Gasteiger partial charge on any atom is -0.370 e. The second kappa shape index (κ2) is 8.33. The van der Waals surface area contributed by atoms with Crippen molar-refractivity contribution in [3.63, 3.8) is 0 Å². The lowest BCUT2D eigenvalue weighted by Gasteiger charge is -2.10. The van der Waals surface area contributed by atoms with Crippen molar-refractivity contribution < 1.29 is 8.42 Å². The van der Waals surface area contributed by atoms with Crippen LogP contribution in [-0.2, 0) is 10.0 Å². The molecule has 0 aliphatic heterocycles. The van der Waals surface area contributed by atoms with Gasteiger partial charge in [0.1, 0.15) is 0 Å². The van der Waals surface area contributed by atoms with Crippen LogP contribution >= 0.6 is 0 Å². The molecule has 2 rings (SSSR count). The summed E-state index contributed by atoms with van der Waals surface area (Å²) in [6.45, 7) is 8.12. The topological polar surface area (TPSA) is 96.6 Å². The van der Waals surface area contributed by atoms with E-state index in [1.807, 2.05) is 45.0 Å². The smallest absolute Gasteiger partial charge is 0.240 e. The molecule has 0 saturated carbocycles. The van der Waals surface area contributed by atoms with Gasteiger partial charge in [-0.25, -0.2) is 13.1 Å². The number of benzene rings is 2. The van der Waals surface area contributed by atoms with Gasteiger partial charge in [0.25, 0.3) is 0 Å². The quantitative estimate of drug-likeness (QED) is 0.411. The Balaban J connectivity index is 1.93. The highest BCUT2D eigenvalue weighted by Gasteiger charge is 2.16. The van der Waals surface area contributed by atoms with Crippen molar-refractivity contribution in [1.82, 2.24) is 4.72 Å². The molecule has 2 aromatic carbocycles. The van der Waals surface area contributed by atoms with Crippen LogP contribution in [0.3, 0.4) is 0 Å². The molecular weight excluding hydrogens is 348 g/mol. The fourth-order valence-electron chi connectivity index (χ4n) is 2.44. The first kappa shape index (κ1) is 19.9. The minimum atomic E-state index is -3.56. The number of nitrogens with one attached hydrogen (secondary N) is 2. The first-order chi connectivity index (χ1) is 12.2. The molecule has 0 aliphatic carbocycles. The molecule has 0 heterocycles. The van der Waals surface area contributed by atoms with Crippen molar-refractivity contribution in [2.45, 2.75) is 32.6 Å². The third-order valence-corrected chi connectivity index (χ3v) is 5.70. The van der Waals surface area contributed by atoms with Crippen LogP contribution in [0.5, 0.6) is 0 Å². The third-order valence-electron chi connectivity index (χ3n) is 4.10. The van der Waals surface area contributed by atoms with Crippen LogP contribution in [0, 0.1) is 27.7 Å². The molecule has 0 atom stereocenters. The molecule has 2 aromatic rings. The molecule has 0 fully saturated rings. The number of aryl methyl sites for hydroxylation is 4. The molecule has 0 amide bonds. The van der Waals surface area contributed by atoms with Crippen LogP contribution in [0.15, 0.2) is 46.3 Å². The Kier molecular flexibility index (Phi) is 6.39. The van der Waals surface area contributed by atoms with Gasteiger partial charge in [-0.3, -0.25) is 4.99 Å². The standard InChI is InChI=1S/C19H26N4O2S/c1-13-5-6-15(3)18(11-13)26(24,25)22-10-9-21-19(20)23-17-8-7-14(2)16(4)12-17/h5-8,11-12,22H,9-10H2,1-4H3,(H3,20,21,23). The maximum atomic E-state index is 12.4. The number of nitrogens with zero attached hydrogens (tertiary/aromatic N) is 1. The zero-order valence-corrected chi connectivity index (χ0v) is 16.4. The lowest BCUT2D eigenvalue weighted by atomic mass is 10.1. The number of hydrogen-bond acceptors (Lipinski definition) is 3. The van der Waals surface area contributed by atoms with Crippen LogP contribution in [0.25, 0.3) is 0 Å². The zero-order chi connectivity index (χ0) is 19.3. The highest BCUT2D eigenvalue weighted by molar-refractivity contribution is 7.89. The Morgan fingerprint density at radius 1 is 1.00 bits per heavy atom. The van der Waals surface area contributed by atoms with E-state index >= 15 is 0 Å². The second-order valence-corrected chi connectivity index (χ2v) is 8.09. The van der Waals surface area contributed by atoms with Gasteiger partial charge in [-0.1, -0.05) is 18.2 Å². The fraction of sp³-hybridized carbons (Fsp3) is 0.316. The van der Waals surface area contributed by atoms with Gasteiger partial charge in [0.2, 0.25) is 10.0 Å². The van der Waals surface area contributed by atoms with E-state index in [9.17, 15) is 8.42 Å². The average molecular weight is 375 g/mol. The van der Waals surface area contributed by atoms with Crippen molar-refractivity contribution in [3.8, 4) is 0 Å². The summed E-state index contributed by atoms with van der Waals surface area (Å²) in [5, 5.41) is 3.01. The lowest BCUT2D eigenvalue weighted by molar-refractivity contribution is 0.581. The molecule has 7 heteroatoms. The number of aliphatic imine (C=N–C) groups is 1. The van der Waals surface area contributed by atoms with E-state index in [-0.39, 0.29) is 19.0 Å². The summed E-state index contributed by atoms with van der Waals surface area (Å²) in [5.41, 5.74) is 10.7. The van der Waals surface area contributed by atoms with E-state index in [1.54, 1.807) is 19.1 Å². The Labute approximate surface area is 155 Å². The van der Waals surface area contributed by atoms with Crippen molar-refractivity contribution in [3.05, 3.63) is 58.7 Å². The van der Waals surface area contributed by atoms with Gasteiger partial charge in [0, 0.05) is 12.2 Å². The maximum absolute atomic E-state index is 12.4. The highest BCUT2D eigenvalue weighted by atomic mass is 32.2. The molecule has 0 unspecified atom stereocenters. The molecule has 0 spiro atoms. The summed E-state index contributed by atoms with van der Waals surface area (Å²) >= 11 is 0. The minimum absolute atomic E-state index is 0.172. The number of anilines is 1. The van der Waals surface area contributed by atoms with E-state index in [2.05, 4.69) is 15.0 Å². The molecule has 4 N–H and O–H groups in total. The number of guanidine groups is 1. The Morgan fingerprint density at radius 3 is 2.38 bits per heavy atom. The number of sulfonamides is 1. The third kappa shape index (κ3) is 5.31. The first-order valence-corrected chi connectivity index (χ1v) is 9.88.